The molecule has 1 fully saturated rings. The van der Waals surface area contributed by atoms with Gasteiger partial charge in [0, 0.05) is 43.9 Å². The van der Waals surface area contributed by atoms with Gasteiger partial charge in [-0.05, 0) is 25.8 Å². The second-order valence-corrected chi connectivity index (χ2v) is 5.35. The predicted molar refractivity (Wildman–Crippen MR) is 76.6 cm³/mol. The molecular formula is C14H17ClN4. The Hall–Kier alpha value is -1.55. The molecule has 0 saturated carbocycles. The van der Waals surface area contributed by atoms with Gasteiger partial charge in [0.2, 0.25) is 0 Å². The highest BCUT2D eigenvalue weighted by Crippen LogP contribution is 2.31. The number of hydrogen-bond acceptors (Lipinski definition) is 3. The second kappa shape index (κ2) is 5.21. The summed E-state index contributed by atoms with van der Waals surface area (Å²) in [6, 6.07) is 2.48. The topological polar surface area (TPSA) is 34.0 Å². The summed E-state index contributed by atoms with van der Waals surface area (Å²) in [4.78, 5) is 10.7. The third-order valence-electron chi connectivity index (χ3n) is 3.77. The van der Waals surface area contributed by atoms with E-state index in [-0.39, 0.29) is 0 Å². The summed E-state index contributed by atoms with van der Waals surface area (Å²) in [5.41, 5.74) is 1.09. The standard InChI is InChI=1S/C14H17ClN4/c1-11-17-6-8-18(11)10-12-3-2-7-19(12)14-4-5-16-9-13(14)15/h4-6,8-9,12H,2-3,7,10H2,1H3/t12-/m1/s1. The fourth-order valence-corrected chi connectivity index (χ4v) is 3.00. The van der Waals surface area contributed by atoms with Crippen molar-refractivity contribution in [2.75, 3.05) is 11.4 Å². The van der Waals surface area contributed by atoms with Crippen molar-refractivity contribution in [3.05, 3.63) is 41.7 Å². The van der Waals surface area contributed by atoms with E-state index < -0.39 is 0 Å². The summed E-state index contributed by atoms with van der Waals surface area (Å²) in [5, 5.41) is 0.733. The van der Waals surface area contributed by atoms with Crippen LogP contribution < -0.4 is 4.90 Å². The van der Waals surface area contributed by atoms with Gasteiger partial charge in [0.05, 0.1) is 10.7 Å². The highest BCUT2D eigenvalue weighted by molar-refractivity contribution is 6.33. The van der Waals surface area contributed by atoms with E-state index in [0.717, 1.165) is 29.6 Å². The van der Waals surface area contributed by atoms with E-state index in [2.05, 4.69) is 19.4 Å². The Bertz CT molecular complexity index is 566. The third kappa shape index (κ3) is 2.45. The van der Waals surface area contributed by atoms with Crippen LogP contribution in [-0.4, -0.2) is 27.1 Å². The third-order valence-corrected chi connectivity index (χ3v) is 4.06. The van der Waals surface area contributed by atoms with Crippen molar-refractivity contribution in [3.8, 4) is 0 Å². The normalized spacial score (nSPS) is 19.1. The molecule has 0 radical (unpaired) electrons. The maximum atomic E-state index is 6.26. The lowest BCUT2D eigenvalue weighted by atomic mass is 10.2. The minimum atomic E-state index is 0.479. The number of aryl methyl sites for hydroxylation is 1. The molecule has 2 aromatic heterocycles. The molecule has 0 aromatic carbocycles. The maximum Gasteiger partial charge on any atom is 0.105 e. The van der Waals surface area contributed by atoms with Crippen LogP contribution in [0.3, 0.4) is 0 Å². The molecule has 1 atom stereocenters. The molecule has 0 bridgehead atoms. The van der Waals surface area contributed by atoms with Gasteiger partial charge in [-0.15, -0.1) is 0 Å². The number of pyridine rings is 1. The van der Waals surface area contributed by atoms with Crippen molar-refractivity contribution in [3.63, 3.8) is 0 Å². The van der Waals surface area contributed by atoms with E-state index in [4.69, 9.17) is 11.6 Å². The highest BCUT2D eigenvalue weighted by atomic mass is 35.5. The van der Waals surface area contributed by atoms with E-state index in [1.807, 2.05) is 25.4 Å². The molecule has 1 aliphatic heterocycles. The zero-order valence-corrected chi connectivity index (χ0v) is 11.7. The van der Waals surface area contributed by atoms with E-state index in [1.165, 1.54) is 12.8 Å². The lowest BCUT2D eigenvalue weighted by Crippen LogP contribution is -2.33. The SMILES string of the molecule is Cc1nccn1C[C@H]1CCCN1c1ccncc1Cl. The average molecular weight is 277 g/mol. The van der Waals surface area contributed by atoms with Gasteiger partial charge in [0.1, 0.15) is 5.82 Å². The van der Waals surface area contributed by atoms with E-state index in [0.29, 0.717) is 6.04 Å². The molecule has 0 aliphatic carbocycles. The second-order valence-electron chi connectivity index (χ2n) is 4.94. The number of hydrogen-bond donors (Lipinski definition) is 0. The molecule has 4 nitrogen and oxygen atoms in total. The molecule has 0 spiro atoms. The highest BCUT2D eigenvalue weighted by Gasteiger charge is 2.26. The van der Waals surface area contributed by atoms with Crippen LogP contribution in [0.4, 0.5) is 5.69 Å². The number of nitrogens with zero attached hydrogens (tertiary/aromatic N) is 4. The lowest BCUT2D eigenvalue weighted by molar-refractivity contribution is 0.540. The molecule has 0 amide bonds. The minimum Gasteiger partial charge on any atom is -0.365 e. The number of rotatable bonds is 3. The fourth-order valence-electron chi connectivity index (χ4n) is 2.77. The predicted octanol–water partition coefficient (Wildman–Crippen LogP) is 2.91. The molecule has 1 aliphatic rings. The molecular weight excluding hydrogens is 260 g/mol. The van der Waals surface area contributed by atoms with Crippen LogP contribution in [-0.2, 0) is 6.54 Å². The fraction of sp³-hybridized carbons (Fsp3) is 0.429. The van der Waals surface area contributed by atoms with Gasteiger partial charge in [-0.2, -0.15) is 0 Å². The zero-order valence-electron chi connectivity index (χ0n) is 11.0. The van der Waals surface area contributed by atoms with E-state index in [1.54, 1.807) is 12.4 Å². The molecule has 3 rings (SSSR count). The zero-order chi connectivity index (χ0) is 13.2. The van der Waals surface area contributed by atoms with Gasteiger partial charge < -0.3 is 9.47 Å². The molecule has 1 saturated heterocycles. The monoisotopic (exact) mass is 276 g/mol. The quantitative estimate of drug-likeness (QED) is 0.864. The molecule has 100 valence electrons. The van der Waals surface area contributed by atoms with Crippen molar-refractivity contribution in [1.82, 2.24) is 14.5 Å². The summed E-state index contributed by atoms with van der Waals surface area (Å²) in [5.74, 6) is 1.06. The first-order chi connectivity index (χ1) is 9.25. The van der Waals surface area contributed by atoms with Crippen LogP contribution in [0.5, 0.6) is 0 Å². The van der Waals surface area contributed by atoms with Crippen LogP contribution in [0.2, 0.25) is 5.02 Å². The van der Waals surface area contributed by atoms with E-state index in [9.17, 15) is 0 Å². The Morgan fingerprint density at radius 2 is 2.32 bits per heavy atom. The molecule has 0 unspecified atom stereocenters. The van der Waals surface area contributed by atoms with Gasteiger partial charge in [-0.3, -0.25) is 4.98 Å². The van der Waals surface area contributed by atoms with Crippen molar-refractivity contribution < 1.29 is 0 Å². The maximum absolute atomic E-state index is 6.26. The molecule has 5 heteroatoms. The van der Waals surface area contributed by atoms with Gasteiger partial charge in [-0.1, -0.05) is 11.6 Å². The smallest absolute Gasteiger partial charge is 0.105 e. The number of halogens is 1. The first-order valence-electron chi connectivity index (χ1n) is 6.59. The Kier molecular flexibility index (Phi) is 3.42. The Morgan fingerprint density at radius 3 is 3.05 bits per heavy atom. The van der Waals surface area contributed by atoms with Crippen LogP contribution in [0.1, 0.15) is 18.7 Å². The van der Waals surface area contributed by atoms with Crippen LogP contribution in [0.15, 0.2) is 30.9 Å². The first kappa shape index (κ1) is 12.5. The van der Waals surface area contributed by atoms with E-state index >= 15 is 0 Å². The Balaban J connectivity index is 1.82. The molecule has 3 heterocycles. The van der Waals surface area contributed by atoms with Crippen molar-refractivity contribution in [2.45, 2.75) is 32.4 Å². The Labute approximate surface area is 118 Å². The summed E-state index contributed by atoms with van der Waals surface area (Å²) >= 11 is 6.26. The van der Waals surface area contributed by atoms with Gasteiger partial charge in [0.25, 0.3) is 0 Å². The van der Waals surface area contributed by atoms with Crippen molar-refractivity contribution in [2.24, 2.45) is 0 Å². The molecule has 19 heavy (non-hydrogen) atoms. The number of aromatic nitrogens is 3. The summed E-state index contributed by atoms with van der Waals surface area (Å²) in [6.07, 6.45) is 9.81. The molecule has 2 aromatic rings. The summed E-state index contributed by atoms with van der Waals surface area (Å²) in [7, 11) is 0. The number of anilines is 1. The largest absolute Gasteiger partial charge is 0.365 e. The van der Waals surface area contributed by atoms with Crippen molar-refractivity contribution >= 4 is 17.3 Å². The first-order valence-corrected chi connectivity index (χ1v) is 6.97. The number of imidazole rings is 1. The van der Waals surface area contributed by atoms with Gasteiger partial charge >= 0.3 is 0 Å². The van der Waals surface area contributed by atoms with Crippen LogP contribution >= 0.6 is 11.6 Å². The minimum absolute atomic E-state index is 0.479. The summed E-state index contributed by atoms with van der Waals surface area (Å²) < 4.78 is 2.21. The van der Waals surface area contributed by atoms with Gasteiger partial charge in [0.15, 0.2) is 0 Å². The van der Waals surface area contributed by atoms with Crippen LogP contribution in [0.25, 0.3) is 0 Å². The van der Waals surface area contributed by atoms with Gasteiger partial charge in [-0.25, -0.2) is 4.98 Å². The van der Waals surface area contributed by atoms with Crippen LogP contribution in [0, 0.1) is 6.92 Å². The Morgan fingerprint density at radius 1 is 1.42 bits per heavy atom. The summed E-state index contributed by atoms with van der Waals surface area (Å²) in [6.45, 7) is 4.06. The average Bonchev–Trinajstić information content (AvgIpc) is 3.01. The lowest BCUT2D eigenvalue weighted by Gasteiger charge is -2.28. The molecule has 0 N–H and O–H groups in total. The van der Waals surface area contributed by atoms with Crippen molar-refractivity contribution in [1.29, 1.82) is 0 Å².